The molecule has 4 rings (SSSR count). The van der Waals surface area contributed by atoms with E-state index in [1.807, 2.05) is 7.11 Å². The molecule has 23 heavy (non-hydrogen) atoms. The van der Waals surface area contributed by atoms with Gasteiger partial charge in [-0.1, -0.05) is 25.5 Å². The molecule has 4 aliphatic carbocycles. The summed E-state index contributed by atoms with van der Waals surface area (Å²) in [7, 11) is 1.81. The summed E-state index contributed by atoms with van der Waals surface area (Å²) >= 11 is 0. The molecule has 3 heteroatoms. The molecule has 7 atom stereocenters. The second kappa shape index (κ2) is 5.16. The molecule has 0 saturated heterocycles. The third-order valence-corrected chi connectivity index (χ3v) is 8.06. The molecule has 3 saturated carbocycles. The van der Waals surface area contributed by atoms with Gasteiger partial charge in [0.2, 0.25) is 0 Å². The van der Waals surface area contributed by atoms with Crippen LogP contribution in [-0.2, 0) is 9.53 Å². The van der Waals surface area contributed by atoms with Crippen molar-refractivity contribution in [3.63, 3.8) is 0 Å². The molecule has 0 radical (unpaired) electrons. The predicted molar refractivity (Wildman–Crippen MR) is 88.9 cm³/mol. The van der Waals surface area contributed by atoms with Crippen molar-refractivity contribution in [2.24, 2.45) is 28.6 Å². The Bertz CT molecular complexity index is 553. The van der Waals surface area contributed by atoms with Crippen LogP contribution >= 0.6 is 0 Å². The number of hydrogen-bond acceptors (Lipinski definition) is 3. The number of carbonyl (C=O) groups excluding carboxylic acids is 1. The highest BCUT2D eigenvalue weighted by atomic mass is 16.5. The summed E-state index contributed by atoms with van der Waals surface area (Å²) in [6.07, 6.45) is 9.01. The van der Waals surface area contributed by atoms with Gasteiger partial charge in [-0.15, -0.1) is 0 Å². The number of ketones is 1. The maximum absolute atomic E-state index is 12.5. The average molecular weight is 318 g/mol. The van der Waals surface area contributed by atoms with E-state index in [-0.39, 0.29) is 23.0 Å². The van der Waals surface area contributed by atoms with Crippen molar-refractivity contribution in [2.45, 2.75) is 71.0 Å². The molecule has 0 aromatic heterocycles. The van der Waals surface area contributed by atoms with Crippen LogP contribution in [0.25, 0.3) is 0 Å². The Morgan fingerprint density at radius 1 is 1.13 bits per heavy atom. The number of aliphatic hydroxyl groups is 1. The highest BCUT2D eigenvalue weighted by molar-refractivity contribution is 5.87. The zero-order chi connectivity index (χ0) is 16.4. The highest BCUT2D eigenvalue weighted by Gasteiger charge is 2.60. The Morgan fingerprint density at radius 3 is 2.57 bits per heavy atom. The number of methoxy groups -OCH3 is 1. The molecule has 0 spiro atoms. The van der Waals surface area contributed by atoms with E-state index in [1.54, 1.807) is 0 Å². The topological polar surface area (TPSA) is 46.5 Å². The summed E-state index contributed by atoms with van der Waals surface area (Å²) in [5.74, 6) is 2.02. The lowest BCUT2D eigenvalue weighted by Gasteiger charge is -2.58. The van der Waals surface area contributed by atoms with Crippen LogP contribution in [0.3, 0.4) is 0 Å². The third-order valence-electron chi connectivity index (χ3n) is 8.06. The van der Waals surface area contributed by atoms with Crippen molar-refractivity contribution in [3.8, 4) is 0 Å². The molecule has 0 amide bonds. The van der Waals surface area contributed by atoms with Crippen molar-refractivity contribution in [1.29, 1.82) is 0 Å². The van der Waals surface area contributed by atoms with Gasteiger partial charge in [0.25, 0.3) is 0 Å². The van der Waals surface area contributed by atoms with Crippen LogP contribution < -0.4 is 0 Å². The van der Waals surface area contributed by atoms with Gasteiger partial charge in [0.1, 0.15) is 5.78 Å². The fourth-order valence-corrected chi connectivity index (χ4v) is 6.60. The summed E-state index contributed by atoms with van der Waals surface area (Å²) in [6.45, 7) is 4.62. The predicted octanol–water partition coefficient (Wildman–Crippen LogP) is 3.50. The molecule has 3 nitrogen and oxygen atoms in total. The van der Waals surface area contributed by atoms with E-state index in [1.165, 1.54) is 5.57 Å². The fourth-order valence-electron chi connectivity index (χ4n) is 6.60. The van der Waals surface area contributed by atoms with E-state index in [0.717, 1.165) is 44.9 Å². The molecule has 1 N–H and O–H groups in total. The molecule has 4 aliphatic rings. The molecule has 128 valence electrons. The molecule has 3 fully saturated rings. The fraction of sp³-hybridized carbons (Fsp3) is 0.850. The molecule has 0 unspecified atom stereocenters. The van der Waals surface area contributed by atoms with Crippen LogP contribution in [0, 0.1) is 28.6 Å². The van der Waals surface area contributed by atoms with E-state index < -0.39 is 0 Å². The summed E-state index contributed by atoms with van der Waals surface area (Å²) in [6, 6.07) is 0. The number of aliphatic hydroxyl groups excluding tert-OH is 1. The monoisotopic (exact) mass is 318 g/mol. The molecular weight excluding hydrogens is 288 g/mol. The minimum Gasteiger partial charge on any atom is -0.393 e. The zero-order valence-corrected chi connectivity index (χ0v) is 14.7. The second-order valence-electron chi connectivity index (χ2n) is 8.91. The van der Waals surface area contributed by atoms with Gasteiger partial charge in [-0.3, -0.25) is 4.79 Å². The lowest BCUT2D eigenvalue weighted by atomic mass is 9.47. The SMILES string of the molecule is CO[C@H]1C=C2C[C@@H](O)CC[C@]2(C)[C@H]2CC[C@]3(C)C(=O)CC[C@H]3[C@H]12. The van der Waals surface area contributed by atoms with Crippen LogP contribution in [-0.4, -0.2) is 30.2 Å². The number of carbonyl (C=O) groups is 1. The minimum atomic E-state index is -0.190. The Balaban J connectivity index is 1.76. The van der Waals surface area contributed by atoms with Crippen LogP contribution in [0.1, 0.15) is 58.8 Å². The summed E-state index contributed by atoms with van der Waals surface area (Å²) in [5.41, 5.74) is 1.50. The number of hydrogen-bond donors (Lipinski definition) is 1. The molecule has 0 aromatic carbocycles. The van der Waals surface area contributed by atoms with E-state index in [9.17, 15) is 9.90 Å². The van der Waals surface area contributed by atoms with Gasteiger partial charge in [-0.25, -0.2) is 0 Å². The van der Waals surface area contributed by atoms with Crippen LogP contribution in [0.4, 0.5) is 0 Å². The second-order valence-corrected chi connectivity index (χ2v) is 8.91. The Kier molecular flexibility index (Phi) is 3.55. The molecular formula is C20H30O3. The van der Waals surface area contributed by atoms with Crippen LogP contribution in [0.2, 0.25) is 0 Å². The van der Waals surface area contributed by atoms with Crippen molar-refractivity contribution in [2.75, 3.05) is 7.11 Å². The Morgan fingerprint density at radius 2 is 1.83 bits per heavy atom. The Hall–Kier alpha value is -0.670. The smallest absolute Gasteiger partial charge is 0.139 e. The third kappa shape index (κ3) is 2.05. The quantitative estimate of drug-likeness (QED) is 0.753. The first-order valence-corrected chi connectivity index (χ1v) is 9.35. The summed E-state index contributed by atoms with van der Waals surface area (Å²) < 4.78 is 5.91. The van der Waals surface area contributed by atoms with E-state index in [4.69, 9.17) is 4.74 Å². The zero-order valence-electron chi connectivity index (χ0n) is 14.7. The van der Waals surface area contributed by atoms with Gasteiger partial charge in [-0.05, 0) is 61.7 Å². The van der Waals surface area contributed by atoms with Crippen molar-refractivity contribution in [3.05, 3.63) is 11.6 Å². The van der Waals surface area contributed by atoms with E-state index in [2.05, 4.69) is 19.9 Å². The Labute approximate surface area is 139 Å². The summed E-state index contributed by atoms with van der Waals surface area (Å²) in [4.78, 5) is 12.5. The summed E-state index contributed by atoms with van der Waals surface area (Å²) in [5, 5.41) is 10.1. The van der Waals surface area contributed by atoms with Crippen molar-refractivity contribution in [1.82, 2.24) is 0 Å². The maximum Gasteiger partial charge on any atom is 0.139 e. The number of Topliss-reactive ketones (excluding diaryl/α,β-unsaturated/α-hetero) is 1. The molecule has 0 aromatic rings. The van der Waals surface area contributed by atoms with E-state index in [0.29, 0.717) is 23.5 Å². The first-order valence-electron chi connectivity index (χ1n) is 9.35. The number of rotatable bonds is 1. The van der Waals surface area contributed by atoms with Crippen LogP contribution in [0.5, 0.6) is 0 Å². The molecule has 0 aliphatic heterocycles. The first-order chi connectivity index (χ1) is 10.9. The maximum atomic E-state index is 12.5. The van der Waals surface area contributed by atoms with Gasteiger partial charge >= 0.3 is 0 Å². The van der Waals surface area contributed by atoms with Gasteiger partial charge < -0.3 is 9.84 Å². The standard InChI is InChI=1S/C20H30O3/c1-19-8-6-13(21)10-12(19)11-16(23-3)18-14-4-5-17(22)20(14,2)9-7-15(18)19/h11,13-16,18,21H,4-10H2,1-3H3/t13-,14-,15-,16-,18-,19-,20-/m0/s1. The van der Waals surface area contributed by atoms with Gasteiger partial charge in [0.15, 0.2) is 0 Å². The number of ether oxygens (including phenoxy) is 1. The van der Waals surface area contributed by atoms with E-state index >= 15 is 0 Å². The van der Waals surface area contributed by atoms with Crippen LogP contribution in [0.15, 0.2) is 11.6 Å². The lowest BCUT2D eigenvalue weighted by Crippen LogP contribution is -2.55. The lowest BCUT2D eigenvalue weighted by molar-refractivity contribution is -0.137. The van der Waals surface area contributed by atoms with Gasteiger partial charge in [0.05, 0.1) is 12.2 Å². The van der Waals surface area contributed by atoms with Gasteiger partial charge in [-0.2, -0.15) is 0 Å². The largest absolute Gasteiger partial charge is 0.393 e. The molecule has 0 heterocycles. The highest BCUT2D eigenvalue weighted by Crippen LogP contribution is 2.64. The number of fused-ring (bicyclic) bond motifs is 5. The van der Waals surface area contributed by atoms with Gasteiger partial charge in [0, 0.05) is 18.9 Å². The molecule has 0 bridgehead atoms. The van der Waals surface area contributed by atoms with Crippen molar-refractivity contribution >= 4 is 5.78 Å². The average Bonchev–Trinajstić information content (AvgIpc) is 2.83. The minimum absolute atomic E-state index is 0.115. The van der Waals surface area contributed by atoms with Crippen molar-refractivity contribution < 1.29 is 14.6 Å². The normalized spacial score (nSPS) is 52.4. The first kappa shape index (κ1) is 15.8.